The third kappa shape index (κ3) is 3.64. The number of rotatable bonds is 3. The van der Waals surface area contributed by atoms with Crippen molar-refractivity contribution in [3.8, 4) is 0 Å². The third-order valence-corrected chi connectivity index (χ3v) is 0.703. The van der Waals surface area contributed by atoms with Crippen LogP contribution in [0.25, 0.3) is 0 Å². The summed E-state index contributed by atoms with van der Waals surface area (Å²) >= 11 is 0. The molecule has 2 nitrogen and oxygen atoms in total. The van der Waals surface area contributed by atoms with Crippen molar-refractivity contribution < 1.29 is 18.7 Å². The number of hydrogen-bond acceptors (Lipinski definition) is 1. The summed E-state index contributed by atoms with van der Waals surface area (Å²) in [6.07, 6.45) is -3.37. The molecule has 9 heavy (non-hydrogen) atoms. The molecule has 52 valence electrons. The fourth-order valence-corrected chi connectivity index (χ4v) is 0.274. The van der Waals surface area contributed by atoms with Crippen LogP contribution in [0.5, 0.6) is 0 Å². The van der Waals surface area contributed by atoms with E-state index in [9.17, 15) is 13.6 Å². The molecule has 0 saturated heterocycles. The van der Waals surface area contributed by atoms with Crippen LogP contribution in [-0.4, -0.2) is 17.5 Å². The minimum atomic E-state index is -2.62. The van der Waals surface area contributed by atoms with Crippen molar-refractivity contribution in [2.75, 3.05) is 0 Å². The summed E-state index contributed by atoms with van der Waals surface area (Å²) < 4.78 is 22.6. The van der Waals surface area contributed by atoms with Gasteiger partial charge in [-0.3, -0.25) is 0 Å². The molecule has 1 N–H and O–H groups in total. The number of carboxylic acids is 1. The molecule has 0 unspecified atom stereocenters. The van der Waals surface area contributed by atoms with Gasteiger partial charge in [-0.2, -0.15) is 0 Å². The van der Waals surface area contributed by atoms with Gasteiger partial charge in [0.25, 0.3) is 0 Å². The first-order valence-corrected chi connectivity index (χ1v) is 2.23. The Hall–Kier alpha value is -0.930. The van der Waals surface area contributed by atoms with Gasteiger partial charge in [-0.15, -0.1) is 0 Å². The molecule has 0 aliphatic heterocycles. The number of aliphatic carboxylic acids is 1. The van der Waals surface area contributed by atoms with Gasteiger partial charge in [0.15, 0.2) is 0 Å². The molecule has 0 saturated carbocycles. The van der Waals surface area contributed by atoms with Gasteiger partial charge in [0.2, 0.25) is 6.43 Å². The first-order valence-electron chi connectivity index (χ1n) is 2.23. The Morgan fingerprint density at radius 2 is 2.11 bits per heavy atom. The minimum Gasteiger partial charge on any atom is -0.478 e. The molecule has 4 heteroatoms. The maximum atomic E-state index is 11.3. The van der Waals surface area contributed by atoms with Crippen LogP contribution in [0.3, 0.4) is 0 Å². The van der Waals surface area contributed by atoms with E-state index < -0.39 is 24.4 Å². The minimum absolute atomic E-state index is 0.454. The summed E-state index contributed by atoms with van der Waals surface area (Å²) in [5, 5.41) is 8.00. The summed E-state index contributed by atoms with van der Waals surface area (Å²) in [4.78, 5) is 9.80. The Bertz CT molecular complexity index is 131. The van der Waals surface area contributed by atoms with Gasteiger partial charge >= 0.3 is 5.97 Å². The van der Waals surface area contributed by atoms with Crippen LogP contribution in [0.15, 0.2) is 12.2 Å². The molecule has 0 fully saturated rings. The number of carboxylic acid groups (broad SMARTS) is 1. The topological polar surface area (TPSA) is 37.3 Å². The lowest BCUT2D eigenvalue weighted by molar-refractivity contribution is -0.133. The average molecular weight is 136 g/mol. The van der Waals surface area contributed by atoms with E-state index in [-0.39, 0.29) is 0 Å². The van der Waals surface area contributed by atoms with Crippen LogP contribution < -0.4 is 0 Å². The zero-order valence-electron chi connectivity index (χ0n) is 4.60. The maximum absolute atomic E-state index is 11.3. The Morgan fingerprint density at radius 1 is 1.67 bits per heavy atom. The monoisotopic (exact) mass is 136 g/mol. The van der Waals surface area contributed by atoms with Crippen LogP contribution in [0.1, 0.15) is 6.42 Å². The number of alkyl halides is 2. The average Bonchev–Trinajstić information content (AvgIpc) is 1.63. The second-order valence-corrected chi connectivity index (χ2v) is 1.50. The van der Waals surface area contributed by atoms with Crippen molar-refractivity contribution in [1.82, 2.24) is 0 Å². The van der Waals surface area contributed by atoms with E-state index in [0.29, 0.717) is 0 Å². The number of hydrogen-bond donors (Lipinski definition) is 1. The van der Waals surface area contributed by atoms with E-state index in [1.807, 2.05) is 0 Å². The molecule has 0 aromatic carbocycles. The first kappa shape index (κ1) is 8.07. The molecule has 0 amide bonds. The predicted octanol–water partition coefficient (Wildman–Crippen LogP) is 1.28. The Morgan fingerprint density at radius 3 is 2.22 bits per heavy atom. The molecule has 0 radical (unpaired) electrons. The van der Waals surface area contributed by atoms with Gasteiger partial charge in [-0.05, 0) is 0 Å². The van der Waals surface area contributed by atoms with Crippen molar-refractivity contribution in [3.63, 3.8) is 0 Å². The smallest absolute Gasteiger partial charge is 0.331 e. The fraction of sp³-hybridized carbons (Fsp3) is 0.400. The van der Waals surface area contributed by atoms with Crippen LogP contribution in [0.2, 0.25) is 0 Å². The van der Waals surface area contributed by atoms with Crippen LogP contribution in [0, 0.1) is 0 Å². The fourth-order valence-electron chi connectivity index (χ4n) is 0.274. The first-order chi connectivity index (χ1) is 4.04. The molecular weight excluding hydrogens is 130 g/mol. The van der Waals surface area contributed by atoms with Gasteiger partial charge < -0.3 is 5.11 Å². The third-order valence-electron chi connectivity index (χ3n) is 0.703. The Kier molecular flexibility index (Phi) is 2.84. The Balaban J connectivity index is 3.65. The van der Waals surface area contributed by atoms with Crippen molar-refractivity contribution >= 4 is 5.97 Å². The second-order valence-electron chi connectivity index (χ2n) is 1.50. The van der Waals surface area contributed by atoms with Gasteiger partial charge in [0.05, 0.1) is 0 Å². The molecule has 0 aromatic rings. The lowest BCUT2D eigenvalue weighted by atomic mass is 10.2. The summed E-state index contributed by atoms with van der Waals surface area (Å²) in [6, 6.07) is 0. The number of halogens is 2. The SMILES string of the molecule is C=C(CC(F)F)C(=O)O. The Labute approximate surface area is 50.8 Å². The maximum Gasteiger partial charge on any atom is 0.331 e. The van der Waals surface area contributed by atoms with Crippen molar-refractivity contribution in [1.29, 1.82) is 0 Å². The molecule has 0 aliphatic rings. The van der Waals surface area contributed by atoms with E-state index in [1.165, 1.54) is 0 Å². The van der Waals surface area contributed by atoms with Crippen molar-refractivity contribution in [2.24, 2.45) is 0 Å². The zero-order valence-corrected chi connectivity index (χ0v) is 4.60. The van der Waals surface area contributed by atoms with Gasteiger partial charge in [0, 0.05) is 12.0 Å². The normalized spacial score (nSPS) is 9.67. The molecule has 0 atom stereocenters. The van der Waals surface area contributed by atoms with Crippen LogP contribution in [0.4, 0.5) is 8.78 Å². The molecule has 0 rings (SSSR count). The highest BCUT2D eigenvalue weighted by Crippen LogP contribution is 2.06. The van der Waals surface area contributed by atoms with E-state index in [0.717, 1.165) is 0 Å². The molecule has 0 bridgehead atoms. The lowest BCUT2D eigenvalue weighted by Gasteiger charge is -1.95. The second kappa shape index (κ2) is 3.17. The largest absolute Gasteiger partial charge is 0.478 e. The number of carbonyl (C=O) groups is 1. The summed E-state index contributed by atoms with van der Waals surface area (Å²) in [5.41, 5.74) is -0.454. The summed E-state index contributed by atoms with van der Waals surface area (Å²) in [5.74, 6) is -1.37. The van der Waals surface area contributed by atoms with Crippen molar-refractivity contribution in [2.45, 2.75) is 12.8 Å². The van der Waals surface area contributed by atoms with Gasteiger partial charge in [0.1, 0.15) is 0 Å². The predicted molar refractivity (Wildman–Crippen MR) is 27.4 cm³/mol. The highest BCUT2D eigenvalue weighted by Gasteiger charge is 2.10. The molecule has 0 heterocycles. The molecule has 0 aliphatic carbocycles. The zero-order chi connectivity index (χ0) is 7.44. The van der Waals surface area contributed by atoms with E-state index >= 15 is 0 Å². The van der Waals surface area contributed by atoms with Crippen LogP contribution >= 0.6 is 0 Å². The highest BCUT2D eigenvalue weighted by molar-refractivity contribution is 5.85. The lowest BCUT2D eigenvalue weighted by Crippen LogP contribution is -2.03. The van der Waals surface area contributed by atoms with E-state index in [1.54, 1.807) is 0 Å². The van der Waals surface area contributed by atoms with Gasteiger partial charge in [-0.25, -0.2) is 13.6 Å². The molecule has 0 spiro atoms. The standard InChI is InChI=1S/C5H6F2O2/c1-3(5(8)9)2-4(6)7/h4H,1-2H2,(H,8,9). The molecular formula is C5H6F2O2. The van der Waals surface area contributed by atoms with E-state index in [2.05, 4.69) is 6.58 Å². The van der Waals surface area contributed by atoms with E-state index in [4.69, 9.17) is 5.11 Å². The van der Waals surface area contributed by atoms with Crippen LogP contribution in [-0.2, 0) is 4.79 Å². The summed E-state index contributed by atoms with van der Waals surface area (Å²) in [7, 11) is 0. The molecule has 0 aromatic heterocycles. The summed E-state index contributed by atoms with van der Waals surface area (Å²) in [6.45, 7) is 2.91. The quantitative estimate of drug-likeness (QED) is 0.593. The van der Waals surface area contributed by atoms with Crippen molar-refractivity contribution in [3.05, 3.63) is 12.2 Å². The van der Waals surface area contributed by atoms with Gasteiger partial charge in [-0.1, -0.05) is 6.58 Å². The highest BCUT2D eigenvalue weighted by atomic mass is 19.3.